The second-order valence-corrected chi connectivity index (χ2v) is 9.11. The largest absolute Gasteiger partial charge is 0.481 e. The third kappa shape index (κ3) is 8.42. The van der Waals surface area contributed by atoms with Crippen LogP contribution in [0.15, 0.2) is 60.8 Å². The molecule has 4 heterocycles. The fourth-order valence-corrected chi connectivity index (χ4v) is 4.37. The topological polar surface area (TPSA) is 91.8 Å². The van der Waals surface area contributed by atoms with Crippen LogP contribution < -0.4 is 0 Å². The number of aromatic nitrogens is 1. The molecule has 34 heavy (non-hydrogen) atoms. The fraction of sp³-hybridized carbons (Fsp3) is 0.536. The van der Waals surface area contributed by atoms with Gasteiger partial charge in [-0.05, 0) is 43.2 Å². The van der Waals surface area contributed by atoms with Gasteiger partial charge in [0.05, 0.1) is 18.3 Å². The predicted molar refractivity (Wildman–Crippen MR) is 134 cm³/mol. The van der Waals surface area contributed by atoms with Crippen LogP contribution in [0.5, 0.6) is 0 Å². The third-order valence-corrected chi connectivity index (χ3v) is 6.39. The zero-order chi connectivity index (χ0) is 24.2. The maximum absolute atomic E-state index is 10.5. The van der Waals surface area contributed by atoms with Gasteiger partial charge in [-0.2, -0.15) is 0 Å². The molecular weight excluding hydrogens is 430 g/mol. The van der Waals surface area contributed by atoms with Crippen molar-refractivity contribution in [1.82, 2.24) is 4.98 Å². The first-order chi connectivity index (χ1) is 16.6. The van der Waals surface area contributed by atoms with E-state index in [1.807, 2.05) is 36.6 Å². The Labute approximate surface area is 202 Å². The Balaban J connectivity index is 0.000000296. The number of aliphatic hydroxyl groups is 1. The Morgan fingerprint density at radius 3 is 2.76 bits per heavy atom. The second kappa shape index (κ2) is 14.1. The van der Waals surface area contributed by atoms with E-state index in [0.29, 0.717) is 6.42 Å². The average molecular weight is 470 g/mol. The molecule has 6 heteroatoms. The molecule has 0 aliphatic carbocycles. The monoisotopic (exact) mass is 469 g/mol. The highest BCUT2D eigenvalue weighted by atomic mass is 16.7. The van der Waals surface area contributed by atoms with E-state index in [2.05, 4.69) is 36.2 Å². The van der Waals surface area contributed by atoms with Crippen molar-refractivity contribution in [2.45, 2.75) is 89.3 Å². The van der Waals surface area contributed by atoms with E-state index in [1.165, 1.54) is 10.9 Å². The Bertz CT molecular complexity index is 884. The molecule has 0 spiro atoms. The summed E-state index contributed by atoms with van der Waals surface area (Å²) in [5.41, 5.74) is 1.21. The van der Waals surface area contributed by atoms with Gasteiger partial charge in [-0.25, -0.2) is 0 Å². The van der Waals surface area contributed by atoms with Gasteiger partial charge in [-0.1, -0.05) is 68.7 Å². The molecule has 1 aromatic carbocycles. The lowest BCUT2D eigenvalue weighted by atomic mass is 9.84. The van der Waals surface area contributed by atoms with E-state index in [9.17, 15) is 9.90 Å². The molecule has 5 rings (SSSR count). The molecule has 1 aromatic heterocycles. The molecule has 2 aromatic rings. The number of para-hydroxylation sites is 1. The number of H-pyrrole nitrogens is 1. The van der Waals surface area contributed by atoms with Crippen LogP contribution in [0.3, 0.4) is 0 Å². The fourth-order valence-electron chi connectivity index (χ4n) is 4.37. The number of benzene rings is 1. The molecule has 6 nitrogen and oxygen atoms in total. The third-order valence-electron chi connectivity index (χ3n) is 6.39. The lowest BCUT2D eigenvalue weighted by Gasteiger charge is -2.49. The SMILES string of the molecule is CCCCC[C@H](O)/C=C/[C@H]1O[C@H]2C[C@H](O2)[C@@H]1C/C=C\CCCC(=O)O.c1ccc2[nH]ccc2c1. The second-order valence-electron chi connectivity index (χ2n) is 9.11. The van der Waals surface area contributed by atoms with Crippen molar-refractivity contribution >= 4 is 16.9 Å². The first kappa shape index (κ1) is 26.2. The number of aliphatic carboxylic acids is 1. The van der Waals surface area contributed by atoms with E-state index in [-0.39, 0.29) is 30.8 Å². The summed E-state index contributed by atoms with van der Waals surface area (Å²) < 4.78 is 11.6. The highest BCUT2D eigenvalue weighted by molar-refractivity contribution is 5.78. The highest BCUT2D eigenvalue weighted by Crippen LogP contribution is 2.40. The Morgan fingerprint density at radius 1 is 1.18 bits per heavy atom. The maximum atomic E-state index is 10.5. The standard InChI is InChI=1S/C20H32O5.C8H7N/c1-2-3-6-9-15(21)12-13-17-16(18-14-20(24-17)25-18)10-7-4-5-8-11-19(22)23;1-2-4-8-7(3-1)5-6-9-8/h4,7,12-13,15-18,20-21H,2-3,5-6,8-11,14H2,1H3,(H,22,23);1-6,9H/b7-4-,13-12+;/t15-,16+,17+,18-,20+;/m0./s1. The number of fused-ring (bicyclic) bond motifs is 3. The number of carbonyl (C=O) groups is 1. The molecular formula is C28H39NO5. The summed E-state index contributed by atoms with van der Waals surface area (Å²) in [6.07, 6.45) is 17.3. The number of aliphatic hydroxyl groups excluding tert-OH is 1. The number of hydrogen-bond donors (Lipinski definition) is 3. The summed E-state index contributed by atoms with van der Waals surface area (Å²) in [6.45, 7) is 2.16. The molecule has 3 saturated heterocycles. The maximum Gasteiger partial charge on any atom is 0.303 e. The van der Waals surface area contributed by atoms with Gasteiger partial charge in [-0.15, -0.1) is 0 Å². The van der Waals surface area contributed by atoms with E-state index < -0.39 is 12.1 Å². The van der Waals surface area contributed by atoms with Gasteiger partial charge >= 0.3 is 5.97 Å². The van der Waals surface area contributed by atoms with Gasteiger partial charge in [0.2, 0.25) is 0 Å². The summed E-state index contributed by atoms with van der Waals surface area (Å²) in [7, 11) is 0. The van der Waals surface area contributed by atoms with Crippen LogP contribution in [-0.2, 0) is 14.3 Å². The number of unbranched alkanes of at least 4 members (excludes halogenated alkanes) is 3. The van der Waals surface area contributed by atoms with Crippen molar-refractivity contribution in [2.75, 3.05) is 0 Å². The quantitative estimate of drug-likeness (QED) is 0.263. The summed E-state index contributed by atoms with van der Waals surface area (Å²) in [4.78, 5) is 13.6. The van der Waals surface area contributed by atoms with E-state index in [4.69, 9.17) is 14.6 Å². The molecule has 0 radical (unpaired) electrons. The first-order valence-electron chi connectivity index (χ1n) is 12.6. The number of rotatable bonds is 12. The van der Waals surface area contributed by atoms with Crippen molar-refractivity contribution in [3.8, 4) is 0 Å². The molecule has 3 aliphatic heterocycles. The van der Waals surface area contributed by atoms with Gasteiger partial charge in [0.1, 0.15) is 0 Å². The minimum Gasteiger partial charge on any atom is -0.481 e. The molecule has 0 amide bonds. The van der Waals surface area contributed by atoms with E-state index >= 15 is 0 Å². The normalized spacial score (nSPS) is 24.6. The average Bonchev–Trinajstić information content (AvgIpc) is 3.29. The van der Waals surface area contributed by atoms with Crippen molar-refractivity contribution in [3.05, 3.63) is 60.8 Å². The Morgan fingerprint density at radius 2 is 2.00 bits per heavy atom. The van der Waals surface area contributed by atoms with Crippen LogP contribution in [0.4, 0.5) is 0 Å². The van der Waals surface area contributed by atoms with E-state index in [1.54, 1.807) is 0 Å². The van der Waals surface area contributed by atoms with Crippen LogP contribution in [0.2, 0.25) is 0 Å². The Kier molecular flexibility index (Phi) is 10.9. The van der Waals surface area contributed by atoms with E-state index in [0.717, 1.165) is 44.9 Å². The number of aromatic amines is 1. The number of carboxylic acids is 1. The molecule has 3 N–H and O–H groups in total. The number of allylic oxidation sites excluding steroid dienone is 2. The summed E-state index contributed by atoms with van der Waals surface area (Å²) in [6, 6.07) is 10.3. The molecule has 0 saturated carbocycles. The zero-order valence-corrected chi connectivity index (χ0v) is 20.1. The molecule has 186 valence electrons. The minimum atomic E-state index is -0.745. The lowest BCUT2D eigenvalue weighted by Crippen LogP contribution is -2.55. The van der Waals surface area contributed by atoms with Crippen molar-refractivity contribution in [1.29, 1.82) is 0 Å². The van der Waals surface area contributed by atoms with Gasteiger partial charge in [0.15, 0.2) is 6.29 Å². The van der Waals surface area contributed by atoms with Crippen molar-refractivity contribution in [3.63, 3.8) is 0 Å². The van der Waals surface area contributed by atoms with Crippen molar-refractivity contribution < 1.29 is 24.5 Å². The van der Waals surface area contributed by atoms with Crippen LogP contribution in [-0.4, -0.2) is 45.8 Å². The van der Waals surface area contributed by atoms with Gasteiger partial charge in [0, 0.05) is 30.5 Å². The van der Waals surface area contributed by atoms with Crippen LogP contribution in [0.1, 0.15) is 64.7 Å². The summed E-state index contributed by atoms with van der Waals surface area (Å²) in [5.74, 6) is -0.481. The predicted octanol–water partition coefficient (Wildman–Crippen LogP) is 5.98. The lowest BCUT2D eigenvalue weighted by molar-refractivity contribution is -0.337. The molecule has 5 atom stereocenters. The van der Waals surface area contributed by atoms with Crippen LogP contribution >= 0.6 is 0 Å². The highest BCUT2D eigenvalue weighted by Gasteiger charge is 2.46. The smallest absolute Gasteiger partial charge is 0.303 e. The van der Waals surface area contributed by atoms with Crippen LogP contribution in [0, 0.1) is 5.92 Å². The van der Waals surface area contributed by atoms with Crippen molar-refractivity contribution in [2.24, 2.45) is 5.92 Å². The molecule has 0 unspecified atom stereocenters. The first-order valence-corrected chi connectivity index (χ1v) is 12.6. The zero-order valence-electron chi connectivity index (χ0n) is 20.1. The van der Waals surface area contributed by atoms with Gasteiger partial charge in [0.25, 0.3) is 0 Å². The Hall–Kier alpha value is -2.41. The van der Waals surface area contributed by atoms with Crippen LogP contribution in [0.25, 0.3) is 10.9 Å². The molecule has 3 aliphatic rings. The number of nitrogens with one attached hydrogen (secondary N) is 1. The number of ether oxygens (including phenoxy) is 2. The summed E-state index contributed by atoms with van der Waals surface area (Å²) >= 11 is 0. The number of hydrogen-bond acceptors (Lipinski definition) is 4. The molecule has 2 bridgehead atoms. The number of carboxylic acid groups (broad SMARTS) is 1. The minimum absolute atomic E-state index is 0.0120. The summed E-state index contributed by atoms with van der Waals surface area (Å²) in [5, 5.41) is 20.0. The molecule has 3 fully saturated rings. The van der Waals surface area contributed by atoms with Gasteiger partial charge < -0.3 is 24.7 Å². The van der Waals surface area contributed by atoms with Gasteiger partial charge in [-0.3, -0.25) is 4.79 Å².